The summed E-state index contributed by atoms with van der Waals surface area (Å²) in [4.78, 5) is 14.1. The molecule has 4 nitrogen and oxygen atoms in total. The summed E-state index contributed by atoms with van der Waals surface area (Å²) in [5, 5.41) is 19.7. The number of hydrogen-bond donors (Lipinski definition) is 2. The first-order valence-electron chi connectivity index (χ1n) is 6.26. The molecule has 0 aromatic rings. The molecule has 0 unspecified atom stereocenters. The first-order valence-corrected chi connectivity index (χ1v) is 6.26. The molecule has 4 heteroatoms. The molecule has 0 saturated carbocycles. The van der Waals surface area contributed by atoms with Crippen LogP contribution in [-0.4, -0.2) is 44.8 Å². The number of amides is 1. The second-order valence-corrected chi connectivity index (χ2v) is 5.56. The Balaban J connectivity index is 5.03. The molecular formula is C13H27NO3. The third-order valence-corrected chi connectivity index (χ3v) is 3.46. The van der Waals surface area contributed by atoms with Crippen molar-refractivity contribution < 1.29 is 15.0 Å². The van der Waals surface area contributed by atoms with E-state index in [0.29, 0.717) is 0 Å². The van der Waals surface area contributed by atoms with Crippen molar-refractivity contribution in [1.29, 1.82) is 0 Å². The van der Waals surface area contributed by atoms with Gasteiger partial charge in [-0.1, -0.05) is 6.92 Å². The highest BCUT2D eigenvalue weighted by molar-refractivity contribution is 5.80. The normalized spacial score (nSPS) is 19.0. The van der Waals surface area contributed by atoms with Gasteiger partial charge in [0.15, 0.2) is 0 Å². The van der Waals surface area contributed by atoms with Crippen molar-refractivity contribution in [2.24, 2.45) is 5.92 Å². The second-order valence-electron chi connectivity index (χ2n) is 5.56. The lowest BCUT2D eigenvalue weighted by Gasteiger charge is -2.39. The van der Waals surface area contributed by atoms with Crippen molar-refractivity contribution >= 4 is 5.91 Å². The van der Waals surface area contributed by atoms with Crippen LogP contribution >= 0.6 is 0 Å². The summed E-state index contributed by atoms with van der Waals surface area (Å²) in [7, 11) is 0. The smallest absolute Gasteiger partial charge is 0.228 e. The molecule has 2 N–H and O–H groups in total. The summed E-state index contributed by atoms with van der Waals surface area (Å²) in [5.41, 5.74) is -1.40. The Morgan fingerprint density at radius 2 is 1.41 bits per heavy atom. The van der Waals surface area contributed by atoms with E-state index in [0.717, 1.165) is 0 Å². The first kappa shape index (κ1) is 16.4. The molecule has 1 amide bonds. The summed E-state index contributed by atoms with van der Waals surface area (Å²) in [6.45, 7) is 12.4. The van der Waals surface area contributed by atoms with Crippen molar-refractivity contribution in [2.75, 3.05) is 0 Å². The van der Waals surface area contributed by atoms with E-state index in [9.17, 15) is 15.0 Å². The van der Waals surface area contributed by atoms with Crippen LogP contribution in [0.25, 0.3) is 0 Å². The highest BCUT2D eigenvalue weighted by Crippen LogP contribution is 2.24. The van der Waals surface area contributed by atoms with Crippen LogP contribution in [0.5, 0.6) is 0 Å². The summed E-state index contributed by atoms with van der Waals surface area (Å²) >= 11 is 0. The summed E-state index contributed by atoms with van der Waals surface area (Å²) in [6, 6.07) is 0.157. The predicted molar refractivity (Wildman–Crippen MR) is 68.6 cm³/mol. The van der Waals surface area contributed by atoms with Crippen LogP contribution in [0.2, 0.25) is 0 Å². The van der Waals surface area contributed by atoms with Crippen LogP contribution in [0, 0.1) is 5.92 Å². The average molecular weight is 245 g/mol. The lowest BCUT2D eigenvalue weighted by molar-refractivity contribution is -0.155. The van der Waals surface area contributed by atoms with Crippen molar-refractivity contribution in [3.05, 3.63) is 0 Å². The molecule has 0 rings (SSSR count). The van der Waals surface area contributed by atoms with Crippen LogP contribution in [0.4, 0.5) is 0 Å². The number of nitrogens with zero attached hydrogens (tertiary/aromatic N) is 1. The third kappa shape index (κ3) is 3.68. The van der Waals surface area contributed by atoms with Gasteiger partial charge in [0.2, 0.25) is 5.91 Å². The van der Waals surface area contributed by atoms with Gasteiger partial charge >= 0.3 is 0 Å². The van der Waals surface area contributed by atoms with E-state index in [4.69, 9.17) is 0 Å². The monoisotopic (exact) mass is 245 g/mol. The van der Waals surface area contributed by atoms with Gasteiger partial charge in [0.25, 0.3) is 0 Å². The zero-order valence-electron chi connectivity index (χ0n) is 12.1. The SMILES string of the molecule is CC(C)N(C(=O)[C@H](C)[C@](C)(O)[C@H](C)O)C(C)C. The van der Waals surface area contributed by atoms with E-state index in [-0.39, 0.29) is 18.0 Å². The number of rotatable bonds is 5. The zero-order chi connectivity index (χ0) is 14.0. The number of aliphatic hydroxyl groups excluding tert-OH is 1. The second kappa shape index (κ2) is 5.83. The van der Waals surface area contributed by atoms with Crippen molar-refractivity contribution in [2.45, 2.75) is 72.3 Å². The fourth-order valence-corrected chi connectivity index (χ4v) is 1.94. The van der Waals surface area contributed by atoms with E-state index in [1.807, 2.05) is 27.7 Å². The van der Waals surface area contributed by atoms with E-state index >= 15 is 0 Å². The molecule has 3 atom stereocenters. The first-order chi connectivity index (χ1) is 7.53. The van der Waals surface area contributed by atoms with Crippen LogP contribution in [0.3, 0.4) is 0 Å². The Labute approximate surface area is 105 Å². The molecule has 0 aromatic heterocycles. The van der Waals surface area contributed by atoms with Crippen LogP contribution in [0.15, 0.2) is 0 Å². The highest BCUT2D eigenvalue weighted by atomic mass is 16.3. The van der Waals surface area contributed by atoms with Crippen LogP contribution in [0.1, 0.15) is 48.5 Å². The standard InChI is InChI=1S/C13H27NO3/c1-8(2)14(9(3)4)12(16)10(5)13(7,17)11(6)15/h8-11,15,17H,1-7H3/t10-,11-,13-/m0/s1. The Hall–Kier alpha value is -0.610. The van der Waals surface area contributed by atoms with E-state index < -0.39 is 17.6 Å². The van der Waals surface area contributed by atoms with Gasteiger partial charge in [0.1, 0.15) is 0 Å². The van der Waals surface area contributed by atoms with Gasteiger partial charge in [-0.2, -0.15) is 0 Å². The topological polar surface area (TPSA) is 60.8 Å². The molecule has 0 heterocycles. The maximum absolute atomic E-state index is 12.3. The fraction of sp³-hybridized carbons (Fsp3) is 0.923. The van der Waals surface area contributed by atoms with Crippen LogP contribution in [-0.2, 0) is 4.79 Å². The Morgan fingerprint density at radius 3 is 1.65 bits per heavy atom. The van der Waals surface area contributed by atoms with E-state index in [1.165, 1.54) is 13.8 Å². The highest BCUT2D eigenvalue weighted by Gasteiger charge is 2.40. The van der Waals surface area contributed by atoms with E-state index in [2.05, 4.69) is 0 Å². The molecule has 0 aliphatic carbocycles. The number of carbonyl (C=O) groups excluding carboxylic acids is 1. The lowest BCUT2D eigenvalue weighted by Crippen LogP contribution is -2.54. The summed E-state index contributed by atoms with van der Waals surface area (Å²) < 4.78 is 0. The van der Waals surface area contributed by atoms with Gasteiger partial charge in [0, 0.05) is 12.1 Å². The third-order valence-electron chi connectivity index (χ3n) is 3.46. The molecule has 0 radical (unpaired) electrons. The fourth-order valence-electron chi connectivity index (χ4n) is 1.94. The predicted octanol–water partition coefficient (Wildman–Crippen LogP) is 1.40. The molecule has 0 aromatic carbocycles. The summed E-state index contributed by atoms with van der Waals surface area (Å²) in [5.74, 6) is -0.756. The van der Waals surface area contributed by atoms with Gasteiger partial charge < -0.3 is 15.1 Å². The molecule has 0 aliphatic rings. The number of aliphatic hydroxyl groups is 2. The molecule has 0 spiro atoms. The van der Waals surface area contributed by atoms with Gasteiger partial charge in [-0.25, -0.2) is 0 Å². The number of carbonyl (C=O) groups is 1. The van der Waals surface area contributed by atoms with Crippen molar-refractivity contribution in [3.63, 3.8) is 0 Å². The van der Waals surface area contributed by atoms with Crippen molar-refractivity contribution in [1.82, 2.24) is 4.90 Å². The Kier molecular flexibility index (Phi) is 5.62. The molecule has 0 saturated heterocycles. The molecule has 17 heavy (non-hydrogen) atoms. The molecule has 0 aliphatic heterocycles. The lowest BCUT2D eigenvalue weighted by atomic mass is 9.84. The van der Waals surface area contributed by atoms with Gasteiger partial charge in [-0.05, 0) is 41.5 Å². The molecule has 102 valence electrons. The quantitative estimate of drug-likeness (QED) is 0.769. The van der Waals surface area contributed by atoms with Gasteiger partial charge in [0.05, 0.1) is 17.6 Å². The Bertz CT molecular complexity index is 251. The summed E-state index contributed by atoms with van der Waals surface area (Å²) in [6.07, 6.45) is -0.942. The minimum absolute atomic E-state index is 0.0785. The van der Waals surface area contributed by atoms with Crippen LogP contribution < -0.4 is 0 Å². The van der Waals surface area contributed by atoms with Gasteiger partial charge in [-0.15, -0.1) is 0 Å². The Morgan fingerprint density at radius 1 is 1.06 bits per heavy atom. The molecule has 0 bridgehead atoms. The minimum atomic E-state index is -1.40. The maximum Gasteiger partial charge on any atom is 0.228 e. The molecular weight excluding hydrogens is 218 g/mol. The van der Waals surface area contributed by atoms with Gasteiger partial charge in [-0.3, -0.25) is 4.79 Å². The van der Waals surface area contributed by atoms with Crippen molar-refractivity contribution in [3.8, 4) is 0 Å². The zero-order valence-corrected chi connectivity index (χ0v) is 12.1. The molecule has 0 fully saturated rings. The minimum Gasteiger partial charge on any atom is -0.390 e. The number of hydrogen-bond acceptors (Lipinski definition) is 3. The van der Waals surface area contributed by atoms with E-state index in [1.54, 1.807) is 11.8 Å². The maximum atomic E-state index is 12.3. The average Bonchev–Trinajstić information content (AvgIpc) is 2.14. The largest absolute Gasteiger partial charge is 0.390 e.